The molecule has 20 heavy (non-hydrogen) atoms. The van der Waals surface area contributed by atoms with Crippen LogP contribution in [0.3, 0.4) is 0 Å². The van der Waals surface area contributed by atoms with Gasteiger partial charge < -0.3 is 10.6 Å². The normalized spacial score (nSPS) is 18.1. The molecule has 0 spiro atoms. The van der Waals surface area contributed by atoms with Crippen molar-refractivity contribution >= 4 is 35.4 Å². The van der Waals surface area contributed by atoms with Crippen molar-refractivity contribution in [2.75, 3.05) is 19.6 Å². The number of halogens is 1. The quantitative estimate of drug-likeness (QED) is 0.791. The molecule has 0 aliphatic carbocycles. The van der Waals surface area contributed by atoms with E-state index in [2.05, 4.69) is 10.6 Å². The van der Waals surface area contributed by atoms with Gasteiger partial charge in [-0.05, 0) is 43.3 Å². The Morgan fingerprint density at radius 3 is 2.90 bits per heavy atom. The van der Waals surface area contributed by atoms with E-state index in [9.17, 15) is 9.59 Å². The Morgan fingerprint density at radius 1 is 1.40 bits per heavy atom. The first-order chi connectivity index (χ1) is 9.25. The molecule has 4 nitrogen and oxygen atoms in total. The zero-order valence-electron chi connectivity index (χ0n) is 11.4. The lowest BCUT2D eigenvalue weighted by molar-refractivity contribution is -0.121. The van der Waals surface area contributed by atoms with E-state index in [0.29, 0.717) is 12.3 Å². The van der Waals surface area contributed by atoms with Crippen LogP contribution in [-0.2, 0) is 4.79 Å². The second-order valence-electron chi connectivity index (χ2n) is 4.92. The molecule has 6 heteroatoms. The molecule has 2 N–H and O–H groups in total. The van der Waals surface area contributed by atoms with Crippen molar-refractivity contribution in [2.24, 2.45) is 5.92 Å². The maximum atomic E-state index is 11.7. The average Bonchev–Trinajstić information content (AvgIpc) is 2.98. The summed E-state index contributed by atoms with van der Waals surface area (Å²) in [4.78, 5) is 24.2. The third-order valence-electron chi connectivity index (χ3n) is 3.36. The molecule has 0 saturated carbocycles. The summed E-state index contributed by atoms with van der Waals surface area (Å²) >= 11 is 1.43. The standard InChI is InChI=1S/C14H20N2O2S.ClH/c17-12(13-4-2-8-19-13)5-6-14(18)16-10-11-3-1-7-15-9-11;/h2,4,8,11,15H,1,3,5-7,9-10H2,(H,16,18);1H. The minimum absolute atomic E-state index is 0. The molecular formula is C14H21ClN2O2S. The average molecular weight is 317 g/mol. The highest BCUT2D eigenvalue weighted by atomic mass is 35.5. The van der Waals surface area contributed by atoms with Crippen molar-refractivity contribution in [3.8, 4) is 0 Å². The number of piperidine rings is 1. The molecule has 1 saturated heterocycles. The number of Topliss-reactive ketones (excluding diaryl/α,β-unsaturated/α-hetero) is 1. The van der Waals surface area contributed by atoms with Gasteiger partial charge in [0, 0.05) is 19.4 Å². The number of rotatable bonds is 6. The molecular weight excluding hydrogens is 296 g/mol. The van der Waals surface area contributed by atoms with Crippen molar-refractivity contribution < 1.29 is 9.59 Å². The van der Waals surface area contributed by atoms with Gasteiger partial charge in [-0.3, -0.25) is 9.59 Å². The Labute approximate surface area is 129 Å². The van der Waals surface area contributed by atoms with Gasteiger partial charge in [-0.25, -0.2) is 0 Å². The van der Waals surface area contributed by atoms with Crippen molar-refractivity contribution in [3.63, 3.8) is 0 Å². The van der Waals surface area contributed by atoms with E-state index >= 15 is 0 Å². The lowest BCUT2D eigenvalue weighted by Gasteiger charge is -2.22. The second kappa shape index (κ2) is 9.10. The van der Waals surface area contributed by atoms with Gasteiger partial charge in [0.15, 0.2) is 5.78 Å². The molecule has 1 aliphatic rings. The fourth-order valence-corrected chi connectivity index (χ4v) is 2.93. The summed E-state index contributed by atoms with van der Waals surface area (Å²) in [6.45, 7) is 2.78. The fourth-order valence-electron chi connectivity index (χ4n) is 2.23. The molecule has 1 aromatic rings. The summed E-state index contributed by atoms with van der Waals surface area (Å²) < 4.78 is 0. The number of nitrogens with one attached hydrogen (secondary N) is 2. The topological polar surface area (TPSA) is 58.2 Å². The molecule has 1 amide bonds. The Kier molecular flexibility index (Phi) is 7.80. The number of thiophene rings is 1. The summed E-state index contributed by atoms with van der Waals surface area (Å²) in [5.41, 5.74) is 0. The largest absolute Gasteiger partial charge is 0.356 e. The van der Waals surface area contributed by atoms with Crippen LogP contribution >= 0.6 is 23.7 Å². The Bertz CT molecular complexity index is 417. The van der Waals surface area contributed by atoms with E-state index in [1.54, 1.807) is 6.07 Å². The van der Waals surface area contributed by atoms with Gasteiger partial charge >= 0.3 is 0 Å². The molecule has 2 heterocycles. The monoisotopic (exact) mass is 316 g/mol. The summed E-state index contributed by atoms with van der Waals surface area (Å²) in [7, 11) is 0. The maximum Gasteiger partial charge on any atom is 0.220 e. The van der Waals surface area contributed by atoms with Crippen molar-refractivity contribution in [2.45, 2.75) is 25.7 Å². The number of amides is 1. The van der Waals surface area contributed by atoms with Crippen LogP contribution < -0.4 is 10.6 Å². The van der Waals surface area contributed by atoms with E-state index < -0.39 is 0 Å². The van der Waals surface area contributed by atoms with Gasteiger partial charge in [-0.15, -0.1) is 23.7 Å². The summed E-state index contributed by atoms with van der Waals surface area (Å²) in [6.07, 6.45) is 2.94. The van der Waals surface area contributed by atoms with E-state index in [1.165, 1.54) is 24.2 Å². The third-order valence-corrected chi connectivity index (χ3v) is 4.27. The predicted molar refractivity (Wildman–Crippen MR) is 83.7 cm³/mol. The minimum atomic E-state index is -0.0181. The molecule has 1 aliphatic heterocycles. The van der Waals surface area contributed by atoms with Gasteiger partial charge in [0.1, 0.15) is 0 Å². The highest BCUT2D eigenvalue weighted by molar-refractivity contribution is 7.12. The third kappa shape index (κ3) is 5.61. The predicted octanol–water partition coefficient (Wildman–Crippen LogP) is 2.25. The van der Waals surface area contributed by atoms with E-state index in [4.69, 9.17) is 0 Å². The Balaban J connectivity index is 0.00000200. The first-order valence-corrected chi connectivity index (χ1v) is 7.68. The van der Waals surface area contributed by atoms with Gasteiger partial charge in [0.2, 0.25) is 5.91 Å². The number of carbonyl (C=O) groups is 2. The highest BCUT2D eigenvalue weighted by Crippen LogP contribution is 2.12. The Hall–Kier alpha value is -0.910. The number of hydrogen-bond acceptors (Lipinski definition) is 4. The molecule has 0 bridgehead atoms. The number of hydrogen-bond donors (Lipinski definition) is 2. The summed E-state index contributed by atoms with van der Waals surface area (Å²) in [6, 6.07) is 3.66. The van der Waals surface area contributed by atoms with Gasteiger partial charge in [-0.1, -0.05) is 6.07 Å². The van der Waals surface area contributed by atoms with Crippen LogP contribution in [0.15, 0.2) is 17.5 Å². The van der Waals surface area contributed by atoms with Crippen LogP contribution in [0.4, 0.5) is 0 Å². The SMILES string of the molecule is Cl.O=C(CCC(=O)c1cccs1)NCC1CCCNC1. The van der Waals surface area contributed by atoms with Crippen LogP contribution in [0.25, 0.3) is 0 Å². The molecule has 1 atom stereocenters. The molecule has 0 radical (unpaired) electrons. The summed E-state index contributed by atoms with van der Waals surface area (Å²) in [5.74, 6) is 0.575. The minimum Gasteiger partial charge on any atom is -0.356 e. The number of ketones is 1. The molecule has 1 aromatic heterocycles. The molecule has 112 valence electrons. The zero-order chi connectivity index (χ0) is 13.5. The molecule has 1 fully saturated rings. The smallest absolute Gasteiger partial charge is 0.220 e. The molecule has 1 unspecified atom stereocenters. The lowest BCUT2D eigenvalue weighted by atomic mass is 10.00. The maximum absolute atomic E-state index is 11.7. The second-order valence-corrected chi connectivity index (χ2v) is 5.86. The van der Waals surface area contributed by atoms with Gasteiger partial charge in [-0.2, -0.15) is 0 Å². The van der Waals surface area contributed by atoms with Crippen LogP contribution in [0.5, 0.6) is 0 Å². The van der Waals surface area contributed by atoms with Crippen LogP contribution in [0.2, 0.25) is 0 Å². The number of carbonyl (C=O) groups excluding carboxylic acids is 2. The van der Waals surface area contributed by atoms with Crippen LogP contribution in [-0.4, -0.2) is 31.3 Å². The van der Waals surface area contributed by atoms with Crippen molar-refractivity contribution in [1.82, 2.24) is 10.6 Å². The van der Waals surface area contributed by atoms with E-state index in [1.807, 2.05) is 11.4 Å². The first kappa shape index (κ1) is 17.1. The van der Waals surface area contributed by atoms with Crippen LogP contribution in [0.1, 0.15) is 35.4 Å². The first-order valence-electron chi connectivity index (χ1n) is 6.80. The van der Waals surface area contributed by atoms with Crippen molar-refractivity contribution in [3.05, 3.63) is 22.4 Å². The van der Waals surface area contributed by atoms with Gasteiger partial charge in [0.25, 0.3) is 0 Å². The lowest BCUT2D eigenvalue weighted by Crippen LogP contribution is -2.38. The highest BCUT2D eigenvalue weighted by Gasteiger charge is 2.14. The zero-order valence-corrected chi connectivity index (χ0v) is 13.0. The van der Waals surface area contributed by atoms with E-state index in [-0.39, 0.29) is 30.5 Å². The van der Waals surface area contributed by atoms with E-state index in [0.717, 1.165) is 24.5 Å². The molecule has 0 aromatic carbocycles. The Morgan fingerprint density at radius 2 is 2.25 bits per heavy atom. The van der Waals surface area contributed by atoms with Gasteiger partial charge in [0.05, 0.1) is 4.88 Å². The fraction of sp³-hybridized carbons (Fsp3) is 0.571. The van der Waals surface area contributed by atoms with Crippen molar-refractivity contribution in [1.29, 1.82) is 0 Å². The molecule has 2 rings (SSSR count). The van der Waals surface area contributed by atoms with Crippen LogP contribution in [0, 0.1) is 5.92 Å². The summed E-state index contributed by atoms with van der Waals surface area (Å²) in [5, 5.41) is 8.13.